The fourth-order valence-electron chi connectivity index (χ4n) is 3.60. The minimum absolute atomic E-state index is 0.0195. The molecule has 0 aliphatic carbocycles. The lowest BCUT2D eigenvalue weighted by Crippen LogP contribution is -2.24. The van der Waals surface area contributed by atoms with Gasteiger partial charge in [0, 0.05) is 17.3 Å². The Bertz CT molecular complexity index is 1340. The van der Waals surface area contributed by atoms with Crippen LogP contribution in [0.15, 0.2) is 95.9 Å². The van der Waals surface area contributed by atoms with Gasteiger partial charge in [-0.3, -0.25) is 4.79 Å². The van der Waals surface area contributed by atoms with Crippen LogP contribution in [0, 0.1) is 5.82 Å². The van der Waals surface area contributed by atoms with E-state index in [0.29, 0.717) is 0 Å². The Morgan fingerprint density at radius 2 is 1.50 bits per heavy atom. The summed E-state index contributed by atoms with van der Waals surface area (Å²) in [6.07, 6.45) is 4.39. The highest BCUT2D eigenvalue weighted by molar-refractivity contribution is 5.97. The number of rotatable bonds is 6. The topological polar surface area (TPSA) is 59.3 Å². The Balaban J connectivity index is 1.94. The van der Waals surface area contributed by atoms with Gasteiger partial charge in [-0.1, -0.05) is 91.0 Å². The van der Waals surface area contributed by atoms with Crippen molar-refractivity contribution in [3.05, 3.63) is 130 Å². The number of nitrogens with zero attached hydrogens (tertiary/aromatic N) is 1. The summed E-state index contributed by atoms with van der Waals surface area (Å²) in [5.74, 6) is -1.79. The van der Waals surface area contributed by atoms with Crippen LogP contribution in [0.4, 0.5) is 4.39 Å². The van der Waals surface area contributed by atoms with E-state index in [4.69, 9.17) is 0 Å². The molecule has 0 spiro atoms. The number of benzene rings is 3. The van der Waals surface area contributed by atoms with Gasteiger partial charge in [-0.05, 0) is 17.2 Å². The number of carboxylic acid groups (broad SMARTS) is 1. The third-order valence-corrected chi connectivity index (χ3v) is 5.14. The number of halogens is 1. The van der Waals surface area contributed by atoms with Crippen molar-refractivity contribution in [2.45, 2.75) is 6.54 Å². The van der Waals surface area contributed by atoms with Crippen molar-refractivity contribution in [1.82, 2.24) is 4.57 Å². The molecular weight excluding hydrogens is 405 g/mol. The van der Waals surface area contributed by atoms with E-state index in [2.05, 4.69) is 0 Å². The summed E-state index contributed by atoms with van der Waals surface area (Å²) in [7, 11) is 0. The number of hydrogen-bond acceptors (Lipinski definition) is 2. The second-order valence-electron chi connectivity index (χ2n) is 7.28. The van der Waals surface area contributed by atoms with E-state index >= 15 is 4.39 Å². The molecule has 32 heavy (non-hydrogen) atoms. The first-order chi connectivity index (χ1) is 15.5. The Morgan fingerprint density at radius 3 is 2.19 bits per heavy atom. The summed E-state index contributed by atoms with van der Waals surface area (Å²) in [6.45, 7) is 0.168. The molecule has 0 aliphatic rings. The van der Waals surface area contributed by atoms with Gasteiger partial charge in [0.15, 0.2) is 0 Å². The minimum atomic E-state index is -1.18. The maximum absolute atomic E-state index is 15.4. The zero-order valence-electron chi connectivity index (χ0n) is 17.1. The van der Waals surface area contributed by atoms with E-state index in [1.807, 2.05) is 60.7 Å². The van der Waals surface area contributed by atoms with Gasteiger partial charge < -0.3 is 9.67 Å². The first-order valence-corrected chi connectivity index (χ1v) is 10.1. The van der Waals surface area contributed by atoms with Gasteiger partial charge in [0.25, 0.3) is 5.56 Å². The van der Waals surface area contributed by atoms with E-state index < -0.39 is 17.3 Å². The molecule has 3 aromatic carbocycles. The Hall–Kier alpha value is -4.25. The molecule has 1 heterocycles. The van der Waals surface area contributed by atoms with Crippen molar-refractivity contribution in [2.75, 3.05) is 0 Å². The summed E-state index contributed by atoms with van der Waals surface area (Å²) in [4.78, 5) is 25.3. The largest absolute Gasteiger partial charge is 0.478 e. The maximum atomic E-state index is 15.4. The lowest BCUT2D eigenvalue weighted by molar-refractivity contribution is 0.0697. The van der Waals surface area contributed by atoms with Crippen LogP contribution in [0.2, 0.25) is 0 Å². The molecular formula is C27H20FNO3. The summed E-state index contributed by atoms with van der Waals surface area (Å²) in [6, 6.07) is 24.7. The van der Waals surface area contributed by atoms with Gasteiger partial charge in [0.1, 0.15) is 5.82 Å². The predicted octanol–water partition coefficient (Wildman–Crippen LogP) is 5.57. The lowest BCUT2D eigenvalue weighted by atomic mass is 9.95. The van der Waals surface area contributed by atoms with Gasteiger partial charge in [-0.2, -0.15) is 0 Å². The average molecular weight is 425 g/mol. The van der Waals surface area contributed by atoms with E-state index in [0.717, 1.165) is 11.1 Å². The number of hydrogen-bond donors (Lipinski definition) is 1. The van der Waals surface area contributed by atoms with Crippen LogP contribution in [-0.2, 0) is 6.54 Å². The van der Waals surface area contributed by atoms with Crippen molar-refractivity contribution in [3.8, 4) is 11.1 Å². The molecule has 158 valence electrons. The van der Waals surface area contributed by atoms with Crippen LogP contribution in [0.1, 0.15) is 27.0 Å². The van der Waals surface area contributed by atoms with Crippen LogP contribution in [0.3, 0.4) is 0 Å². The highest BCUT2D eigenvalue weighted by Gasteiger charge is 2.21. The number of aromatic nitrogens is 1. The van der Waals surface area contributed by atoms with Crippen LogP contribution in [0.25, 0.3) is 23.3 Å². The fraction of sp³-hybridized carbons (Fsp3) is 0.0370. The quantitative estimate of drug-likeness (QED) is 0.439. The molecule has 1 aromatic heterocycles. The predicted molar refractivity (Wildman–Crippen MR) is 124 cm³/mol. The van der Waals surface area contributed by atoms with Gasteiger partial charge in [-0.15, -0.1) is 0 Å². The van der Waals surface area contributed by atoms with Crippen LogP contribution in [0.5, 0.6) is 0 Å². The second-order valence-corrected chi connectivity index (χ2v) is 7.28. The number of aromatic carboxylic acids is 1. The van der Waals surface area contributed by atoms with Crippen molar-refractivity contribution >= 4 is 18.1 Å². The van der Waals surface area contributed by atoms with Crippen LogP contribution >= 0.6 is 0 Å². The average Bonchev–Trinajstić information content (AvgIpc) is 2.81. The SMILES string of the molecule is O=C(O)c1ccccc1-c1c(/C=C/c2ccccc2)c(F)cn(Cc2ccccc2)c1=O. The Morgan fingerprint density at radius 1 is 0.875 bits per heavy atom. The molecule has 4 nitrogen and oxygen atoms in total. The summed E-state index contributed by atoms with van der Waals surface area (Å²) in [5.41, 5.74) is 1.39. The van der Waals surface area contributed by atoms with Crippen molar-refractivity contribution < 1.29 is 14.3 Å². The smallest absolute Gasteiger partial charge is 0.336 e. The van der Waals surface area contributed by atoms with E-state index in [1.54, 1.807) is 18.2 Å². The first kappa shape index (κ1) is 21.0. The van der Waals surface area contributed by atoms with Crippen molar-refractivity contribution in [1.29, 1.82) is 0 Å². The van der Waals surface area contributed by atoms with E-state index in [1.165, 1.54) is 29.0 Å². The molecule has 0 fully saturated rings. The molecule has 0 saturated heterocycles. The molecule has 4 aromatic rings. The highest BCUT2D eigenvalue weighted by atomic mass is 19.1. The summed E-state index contributed by atoms with van der Waals surface area (Å²) in [5, 5.41) is 9.67. The summed E-state index contributed by atoms with van der Waals surface area (Å²) < 4.78 is 16.6. The maximum Gasteiger partial charge on any atom is 0.336 e. The second kappa shape index (κ2) is 9.27. The third kappa shape index (κ3) is 4.42. The molecule has 4 rings (SSSR count). The van der Waals surface area contributed by atoms with Gasteiger partial charge >= 0.3 is 5.97 Å². The summed E-state index contributed by atoms with van der Waals surface area (Å²) >= 11 is 0. The fourth-order valence-corrected chi connectivity index (χ4v) is 3.60. The Kier molecular flexibility index (Phi) is 6.08. The molecule has 1 N–H and O–H groups in total. The van der Waals surface area contributed by atoms with Crippen LogP contribution < -0.4 is 5.56 Å². The van der Waals surface area contributed by atoms with Crippen molar-refractivity contribution in [2.24, 2.45) is 0 Å². The molecule has 0 radical (unpaired) electrons. The van der Waals surface area contributed by atoms with E-state index in [9.17, 15) is 14.7 Å². The first-order valence-electron chi connectivity index (χ1n) is 10.1. The molecule has 5 heteroatoms. The standard InChI is InChI=1S/C27H20FNO3/c28-24-18-29(17-20-11-5-2-6-12-20)26(30)25(21-13-7-8-14-22(21)27(31)32)23(24)16-15-19-9-3-1-4-10-19/h1-16,18H,17H2,(H,31,32)/b16-15+. The van der Waals surface area contributed by atoms with Gasteiger partial charge in [0.2, 0.25) is 0 Å². The normalized spacial score (nSPS) is 11.0. The minimum Gasteiger partial charge on any atom is -0.478 e. The zero-order valence-corrected chi connectivity index (χ0v) is 17.1. The number of carbonyl (C=O) groups is 1. The van der Waals surface area contributed by atoms with Crippen molar-refractivity contribution in [3.63, 3.8) is 0 Å². The highest BCUT2D eigenvalue weighted by Crippen LogP contribution is 2.28. The zero-order chi connectivity index (χ0) is 22.5. The third-order valence-electron chi connectivity index (χ3n) is 5.14. The molecule has 0 atom stereocenters. The van der Waals surface area contributed by atoms with Gasteiger partial charge in [-0.25, -0.2) is 9.18 Å². The van der Waals surface area contributed by atoms with Crippen LogP contribution in [-0.4, -0.2) is 15.6 Å². The molecule has 0 unspecified atom stereocenters. The van der Waals surface area contributed by atoms with Gasteiger partial charge in [0.05, 0.1) is 17.7 Å². The molecule has 0 aliphatic heterocycles. The molecule has 0 bridgehead atoms. The monoisotopic (exact) mass is 425 g/mol. The van der Waals surface area contributed by atoms with E-state index in [-0.39, 0.29) is 28.8 Å². The Labute approximate surface area is 184 Å². The molecule has 0 amide bonds. The molecule has 0 saturated carbocycles. The lowest BCUT2D eigenvalue weighted by Gasteiger charge is -2.14. The number of carboxylic acids is 1. The number of pyridine rings is 1.